The molecule has 2 aromatic rings. The van der Waals surface area contributed by atoms with Crippen molar-refractivity contribution in [2.75, 3.05) is 24.6 Å². The van der Waals surface area contributed by atoms with Crippen LogP contribution in [0.2, 0.25) is 0 Å². The van der Waals surface area contributed by atoms with Crippen LogP contribution >= 0.6 is 24.0 Å². The molecule has 1 unspecified atom stereocenters. The highest BCUT2D eigenvalue weighted by Gasteiger charge is 2.35. The Labute approximate surface area is 244 Å². The first-order valence-corrected chi connectivity index (χ1v) is 14.8. The molecule has 210 valence electrons. The smallest absolute Gasteiger partial charge is 0.310 e. The molecule has 0 N–H and O–H groups in total. The second-order valence-corrected chi connectivity index (χ2v) is 11.8. The Bertz CT molecular complexity index is 1460. The molecule has 0 spiro atoms. The summed E-state index contributed by atoms with van der Waals surface area (Å²) < 4.78 is 7.38. The molecule has 0 radical (unpaired) electrons. The minimum Gasteiger partial charge on any atom is -0.466 e. The van der Waals surface area contributed by atoms with Gasteiger partial charge in [0.15, 0.2) is 0 Å². The predicted molar refractivity (Wildman–Crippen MR) is 162 cm³/mol. The van der Waals surface area contributed by atoms with Gasteiger partial charge < -0.3 is 9.64 Å². The number of ether oxygens (including phenoxy) is 1. The monoisotopic (exact) mass is 578 g/mol. The molecule has 8 nitrogen and oxygen atoms in total. The molecule has 40 heavy (non-hydrogen) atoms. The van der Waals surface area contributed by atoms with Crippen molar-refractivity contribution in [3.8, 4) is 6.07 Å². The lowest BCUT2D eigenvalue weighted by Crippen LogP contribution is -2.43. The molecule has 1 atom stereocenters. The van der Waals surface area contributed by atoms with Crippen LogP contribution in [0.25, 0.3) is 6.08 Å². The summed E-state index contributed by atoms with van der Waals surface area (Å²) in [6, 6.07) is 10.1. The molecular weight excluding hydrogens is 544 g/mol. The lowest BCUT2D eigenvalue weighted by molar-refractivity contribution is -0.148. The van der Waals surface area contributed by atoms with Gasteiger partial charge in [-0.05, 0) is 57.2 Å². The first-order valence-electron chi connectivity index (χ1n) is 13.6. The van der Waals surface area contributed by atoms with Gasteiger partial charge in [0, 0.05) is 25.2 Å². The quantitative estimate of drug-likeness (QED) is 0.247. The number of esters is 1. The standard InChI is InChI=1S/C30H34N4O4S2/c1-5-13-33-26(32-14-7-8-22(18-32)29(37)38-6-2)23(20(4)24(16-31)27(33)35)15-25-28(36)34(30(39)40-25)17-21-11-9-19(3)10-12-21/h9-12,15,22H,5-8,13-14,17-18H2,1-4H3/b25-15-. The van der Waals surface area contributed by atoms with Gasteiger partial charge in [-0.1, -0.05) is 60.7 Å². The number of nitrogens with zero attached hydrogens (tertiary/aromatic N) is 4. The van der Waals surface area contributed by atoms with Crippen LogP contribution in [-0.2, 0) is 27.4 Å². The Morgan fingerprint density at radius 3 is 2.60 bits per heavy atom. The van der Waals surface area contributed by atoms with Crippen LogP contribution in [-0.4, -0.2) is 45.4 Å². The Hall–Kier alpha value is -3.42. The number of piperidine rings is 1. The van der Waals surface area contributed by atoms with Crippen molar-refractivity contribution in [3.63, 3.8) is 0 Å². The number of thiocarbonyl (C=S) groups is 1. The molecule has 0 bridgehead atoms. The second kappa shape index (κ2) is 12.8. The minimum atomic E-state index is -0.362. The number of rotatable bonds is 8. The highest BCUT2D eigenvalue weighted by atomic mass is 32.2. The van der Waals surface area contributed by atoms with Gasteiger partial charge in [0.25, 0.3) is 11.5 Å². The van der Waals surface area contributed by atoms with Gasteiger partial charge in [-0.15, -0.1) is 0 Å². The maximum absolute atomic E-state index is 13.6. The summed E-state index contributed by atoms with van der Waals surface area (Å²) in [4.78, 5) is 43.7. The summed E-state index contributed by atoms with van der Waals surface area (Å²) in [5.74, 6) is -0.159. The van der Waals surface area contributed by atoms with E-state index in [0.717, 1.165) is 17.5 Å². The molecular formula is C30H34N4O4S2. The third-order valence-corrected chi connectivity index (χ3v) is 8.62. The number of hydrogen-bond donors (Lipinski definition) is 0. The topological polar surface area (TPSA) is 95.6 Å². The van der Waals surface area contributed by atoms with E-state index in [4.69, 9.17) is 17.0 Å². The van der Waals surface area contributed by atoms with E-state index in [1.54, 1.807) is 29.4 Å². The molecule has 2 fully saturated rings. The lowest BCUT2D eigenvalue weighted by atomic mass is 9.96. The van der Waals surface area contributed by atoms with Crippen LogP contribution in [0, 0.1) is 31.1 Å². The normalized spacial score (nSPS) is 18.4. The largest absolute Gasteiger partial charge is 0.466 e. The highest BCUT2D eigenvalue weighted by molar-refractivity contribution is 8.26. The van der Waals surface area contributed by atoms with E-state index >= 15 is 0 Å². The summed E-state index contributed by atoms with van der Waals surface area (Å²) in [5.41, 5.74) is 2.94. The fourth-order valence-corrected chi connectivity index (χ4v) is 6.42. The van der Waals surface area contributed by atoms with Crippen LogP contribution in [0.5, 0.6) is 0 Å². The number of thioether (sulfide) groups is 1. The third-order valence-electron chi connectivity index (χ3n) is 7.24. The molecule has 3 heterocycles. The van der Waals surface area contributed by atoms with E-state index in [1.165, 1.54) is 11.8 Å². The van der Waals surface area contributed by atoms with Gasteiger partial charge in [-0.3, -0.25) is 23.9 Å². The Morgan fingerprint density at radius 1 is 1.23 bits per heavy atom. The zero-order valence-corrected chi connectivity index (χ0v) is 25.0. The van der Waals surface area contributed by atoms with Gasteiger partial charge in [0.1, 0.15) is 21.8 Å². The fraction of sp³-hybridized carbons (Fsp3) is 0.433. The molecule has 1 aromatic carbocycles. The van der Waals surface area contributed by atoms with Gasteiger partial charge >= 0.3 is 5.97 Å². The van der Waals surface area contributed by atoms with Crippen LogP contribution < -0.4 is 10.5 Å². The number of anilines is 1. The third kappa shape index (κ3) is 6.01. The SMILES string of the molecule is CCCn1c(N2CCCC(C(=O)OCC)C2)c(/C=C2\SC(=S)N(Cc3ccc(C)cc3)C2=O)c(C)c(C#N)c1=O. The fourth-order valence-electron chi connectivity index (χ4n) is 5.18. The number of carbonyl (C=O) groups excluding carboxylic acids is 2. The molecule has 4 rings (SSSR count). The maximum Gasteiger partial charge on any atom is 0.310 e. The van der Waals surface area contributed by atoms with Crippen molar-refractivity contribution in [3.05, 3.63) is 67.3 Å². The number of hydrogen-bond acceptors (Lipinski definition) is 8. The van der Waals surface area contributed by atoms with E-state index < -0.39 is 0 Å². The van der Waals surface area contributed by atoms with Gasteiger partial charge in [-0.2, -0.15) is 5.26 Å². The lowest BCUT2D eigenvalue weighted by Gasteiger charge is -2.36. The number of nitriles is 1. The van der Waals surface area contributed by atoms with Crippen LogP contribution in [0.3, 0.4) is 0 Å². The van der Waals surface area contributed by atoms with Gasteiger partial charge in [-0.25, -0.2) is 0 Å². The van der Waals surface area contributed by atoms with E-state index in [1.807, 2.05) is 43.0 Å². The number of amides is 1. The van der Waals surface area contributed by atoms with Gasteiger partial charge in [0.05, 0.1) is 24.0 Å². The summed E-state index contributed by atoms with van der Waals surface area (Å²) in [6.07, 6.45) is 3.89. The second-order valence-electron chi connectivity index (χ2n) is 10.1. The Morgan fingerprint density at radius 2 is 1.95 bits per heavy atom. The first kappa shape index (κ1) is 29.6. The highest BCUT2D eigenvalue weighted by Crippen LogP contribution is 2.37. The molecule has 0 saturated carbocycles. The molecule has 1 amide bonds. The van der Waals surface area contributed by atoms with Crippen LogP contribution in [0.15, 0.2) is 34.0 Å². The number of carbonyl (C=O) groups is 2. The summed E-state index contributed by atoms with van der Waals surface area (Å²) in [6.45, 7) is 9.61. The van der Waals surface area contributed by atoms with E-state index in [0.29, 0.717) is 71.8 Å². The van der Waals surface area contributed by atoms with Crippen molar-refractivity contribution in [2.24, 2.45) is 5.92 Å². The molecule has 0 aliphatic carbocycles. The average molecular weight is 579 g/mol. The van der Waals surface area contributed by atoms with Crippen molar-refractivity contribution in [1.82, 2.24) is 9.47 Å². The van der Waals surface area contributed by atoms with Crippen molar-refractivity contribution < 1.29 is 14.3 Å². The number of benzene rings is 1. The Balaban J connectivity index is 1.80. The maximum atomic E-state index is 13.6. The zero-order chi connectivity index (χ0) is 29.0. The summed E-state index contributed by atoms with van der Waals surface area (Å²) in [7, 11) is 0. The predicted octanol–water partition coefficient (Wildman–Crippen LogP) is 4.93. The number of aryl methyl sites for hydroxylation is 1. The van der Waals surface area contributed by atoms with Gasteiger partial charge in [0.2, 0.25) is 0 Å². The number of pyridine rings is 1. The summed E-state index contributed by atoms with van der Waals surface area (Å²) >= 11 is 6.81. The van der Waals surface area contributed by atoms with Crippen LogP contribution in [0.4, 0.5) is 5.82 Å². The van der Waals surface area contributed by atoms with E-state index in [2.05, 4.69) is 6.07 Å². The van der Waals surface area contributed by atoms with Crippen LogP contribution in [0.1, 0.15) is 60.9 Å². The van der Waals surface area contributed by atoms with Crippen molar-refractivity contribution in [1.29, 1.82) is 5.26 Å². The van der Waals surface area contributed by atoms with Crippen molar-refractivity contribution >= 4 is 52.1 Å². The molecule has 10 heteroatoms. The minimum absolute atomic E-state index is 0.0533. The van der Waals surface area contributed by atoms with E-state index in [9.17, 15) is 19.6 Å². The molecule has 2 aliphatic heterocycles. The van der Waals surface area contributed by atoms with E-state index in [-0.39, 0.29) is 28.9 Å². The molecule has 1 aromatic heterocycles. The average Bonchev–Trinajstić information content (AvgIpc) is 3.20. The van der Waals surface area contributed by atoms with Crippen molar-refractivity contribution in [2.45, 2.75) is 60.0 Å². The Kier molecular flexibility index (Phi) is 9.48. The molecule has 2 saturated heterocycles. The zero-order valence-electron chi connectivity index (χ0n) is 23.4. The first-order chi connectivity index (χ1) is 19.2. The number of aromatic nitrogens is 1. The molecule has 2 aliphatic rings. The summed E-state index contributed by atoms with van der Waals surface area (Å²) in [5, 5.41) is 9.91.